The summed E-state index contributed by atoms with van der Waals surface area (Å²) < 4.78 is 22.1. The van der Waals surface area contributed by atoms with E-state index in [1.54, 1.807) is 29.2 Å². The van der Waals surface area contributed by atoms with Crippen LogP contribution in [0.5, 0.6) is 0 Å². The van der Waals surface area contributed by atoms with E-state index < -0.39 is 6.04 Å². The fourth-order valence-electron chi connectivity index (χ4n) is 4.90. The number of piperazine rings is 1. The summed E-state index contributed by atoms with van der Waals surface area (Å²) in [7, 11) is 0. The molecule has 1 atom stereocenters. The SMILES string of the molecule is O=C(c1ccco1)N1CCN([C@@H](c2ccccc2F)c2nnnn2C2CCCCC2)CC1. The van der Waals surface area contributed by atoms with Gasteiger partial charge in [0.05, 0.1) is 12.3 Å². The third-order valence-corrected chi connectivity index (χ3v) is 6.58. The molecule has 9 heteroatoms. The fourth-order valence-corrected chi connectivity index (χ4v) is 4.90. The zero-order chi connectivity index (χ0) is 21.9. The summed E-state index contributed by atoms with van der Waals surface area (Å²) in [5.74, 6) is 0.618. The molecule has 1 aromatic carbocycles. The quantitative estimate of drug-likeness (QED) is 0.607. The largest absolute Gasteiger partial charge is 0.459 e. The Morgan fingerprint density at radius 3 is 2.53 bits per heavy atom. The summed E-state index contributed by atoms with van der Waals surface area (Å²) in [6.07, 6.45) is 7.11. The molecule has 0 bridgehead atoms. The van der Waals surface area contributed by atoms with E-state index in [2.05, 4.69) is 20.4 Å². The monoisotopic (exact) mass is 438 g/mol. The molecule has 2 fully saturated rings. The maximum absolute atomic E-state index is 15.0. The van der Waals surface area contributed by atoms with Crippen LogP contribution in [0, 0.1) is 5.82 Å². The number of amides is 1. The van der Waals surface area contributed by atoms with Gasteiger partial charge >= 0.3 is 0 Å². The number of tetrazole rings is 1. The lowest BCUT2D eigenvalue weighted by Crippen LogP contribution is -2.50. The Morgan fingerprint density at radius 2 is 1.81 bits per heavy atom. The highest BCUT2D eigenvalue weighted by Gasteiger charge is 2.35. The Bertz CT molecular complexity index is 1040. The molecule has 2 aromatic heterocycles. The topological polar surface area (TPSA) is 80.3 Å². The molecule has 0 spiro atoms. The van der Waals surface area contributed by atoms with Gasteiger partial charge in [0, 0.05) is 31.7 Å². The van der Waals surface area contributed by atoms with E-state index in [-0.39, 0.29) is 17.8 Å². The normalized spacial score (nSPS) is 19.2. The van der Waals surface area contributed by atoms with E-state index in [1.807, 2.05) is 10.7 Å². The Kier molecular flexibility index (Phi) is 5.98. The lowest BCUT2D eigenvalue weighted by Gasteiger charge is -2.39. The third kappa shape index (κ3) is 4.04. The molecule has 1 saturated carbocycles. The molecule has 5 rings (SSSR count). The molecule has 0 radical (unpaired) electrons. The highest BCUT2D eigenvalue weighted by atomic mass is 19.1. The Morgan fingerprint density at radius 1 is 1.03 bits per heavy atom. The number of carbonyl (C=O) groups is 1. The van der Waals surface area contributed by atoms with Crippen molar-refractivity contribution in [3.05, 3.63) is 65.6 Å². The molecular weight excluding hydrogens is 411 g/mol. The molecule has 1 amide bonds. The Balaban J connectivity index is 1.42. The summed E-state index contributed by atoms with van der Waals surface area (Å²) >= 11 is 0. The van der Waals surface area contributed by atoms with Gasteiger partial charge in [-0.05, 0) is 41.5 Å². The van der Waals surface area contributed by atoms with Crippen LogP contribution in [-0.2, 0) is 0 Å². The van der Waals surface area contributed by atoms with Crippen LogP contribution in [0.4, 0.5) is 4.39 Å². The molecular formula is C23H27FN6O2. The van der Waals surface area contributed by atoms with Crippen molar-refractivity contribution < 1.29 is 13.6 Å². The first-order valence-electron chi connectivity index (χ1n) is 11.3. The van der Waals surface area contributed by atoms with Crippen LogP contribution in [0.15, 0.2) is 47.1 Å². The Hall–Kier alpha value is -3.07. The van der Waals surface area contributed by atoms with Crippen molar-refractivity contribution in [1.82, 2.24) is 30.0 Å². The molecule has 3 aromatic rings. The van der Waals surface area contributed by atoms with Gasteiger partial charge in [0.2, 0.25) is 0 Å². The smallest absolute Gasteiger partial charge is 0.289 e. The number of nitrogens with zero attached hydrogens (tertiary/aromatic N) is 6. The van der Waals surface area contributed by atoms with Gasteiger partial charge in [0.15, 0.2) is 11.6 Å². The first kappa shape index (κ1) is 20.8. The first-order valence-corrected chi connectivity index (χ1v) is 11.3. The van der Waals surface area contributed by atoms with Crippen LogP contribution >= 0.6 is 0 Å². The minimum atomic E-state index is -0.408. The fraction of sp³-hybridized carbons (Fsp3) is 0.478. The molecule has 0 N–H and O–H groups in total. The lowest BCUT2D eigenvalue weighted by atomic mass is 9.95. The Labute approximate surface area is 186 Å². The van der Waals surface area contributed by atoms with Gasteiger partial charge in [0.1, 0.15) is 11.9 Å². The van der Waals surface area contributed by atoms with E-state index >= 15 is 0 Å². The van der Waals surface area contributed by atoms with Crippen LogP contribution in [-0.4, -0.2) is 62.1 Å². The van der Waals surface area contributed by atoms with Crippen LogP contribution < -0.4 is 0 Å². The van der Waals surface area contributed by atoms with Crippen molar-refractivity contribution in [3.8, 4) is 0 Å². The second kappa shape index (κ2) is 9.20. The molecule has 3 heterocycles. The summed E-state index contributed by atoms with van der Waals surface area (Å²) in [4.78, 5) is 16.6. The maximum atomic E-state index is 15.0. The van der Waals surface area contributed by atoms with E-state index in [4.69, 9.17) is 4.42 Å². The molecule has 1 saturated heterocycles. The summed E-state index contributed by atoms with van der Waals surface area (Å²) in [5, 5.41) is 12.7. The average molecular weight is 439 g/mol. The molecule has 1 aliphatic heterocycles. The van der Waals surface area contributed by atoms with Crippen molar-refractivity contribution in [2.45, 2.75) is 44.2 Å². The molecule has 32 heavy (non-hydrogen) atoms. The number of aromatic nitrogens is 4. The van der Waals surface area contributed by atoms with Gasteiger partial charge < -0.3 is 9.32 Å². The van der Waals surface area contributed by atoms with Crippen molar-refractivity contribution in [1.29, 1.82) is 0 Å². The van der Waals surface area contributed by atoms with Gasteiger partial charge in [-0.25, -0.2) is 9.07 Å². The first-order chi connectivity index (χ1) is 15.7. The number of furan rings is 1. The molecule has 0 unspecified atom stereocenters. The highest BCUT2D eigenvalue weighted by Crippen LogP contribution is 2.34. The molecule has 168 valence electrons. The summed E-state index contributed by atoms with van der Waals surface area (Å²) in [5.41, 5.74) is 0.560. The zero-order valence-corrected chi connectivity index (χ0v) is 17.9. The molecule has 8 nitrogen and oxygen atoms in total. The number of carbonyl (C=O) groups excluding carboxylic acids is 1. The minimum absolute atomic E-state index is 0.121. The van der Waals surface area contributed by atoms with Gasteiger partial charge in [0.25, 0.3) is 5.91 Å². The minimum Gasteiger partial charge on any atom is -0.459 e. The van der Waals surface area contributed by atoms with Crippen molar-refractivity contribution in [3.63, 3.8) is 0 Å². The van der Waals surface area contributed by atoms with Crippen molar-refractivity contribution in [2.24, 2.45) is 0 Å². The van der Waals surface area contributed by atoms with Gasteiger partial charge in [-0.2, -0.15) is 0 Å². The van der Waals surface area contributed by atoms with Crippen LogP contribution in [0.25, 0.3) is 0 Å². The number of hydrogen-bond acceptors (Lipinski definition) is 6. The van der Waals surface area contributed by atoms with Gasteiger partial charge in [-0.15, -0.1) is 5.10 Å². The average Bonchev–Trinajstić information content (AvgIpc) is 3.54. The number of hydrogen-bond donors (Lipinski definition) is 0. The van der Waals surface area contributed by atoms with E-state index in [9.17, 15) is 9.18 Å². The van der Waals surface area contributed by atoms with Crippen molar-refractivity contribution >= 4 is 5.91 Å². The summed E-state index contributed by atoms with van der Waals surface area (Å²) in [6.45, 7) is 2.22. The van der Waals surface area contributed by atoms with Gasteiger partial charge in [-0.1, -0.05) is 37.5 Å². The van der Waals surface area contributed by atoms with E-state index in [0.717, 1.165) is 25.7 Å². The van der Waals surface area contributed by atoms with Crippen LogP contribution in [0.3, 0.4) is 0 Å². The molecule has 2 aliphatic rings. The van der Waals surface area contributed by atoms with Crippen molar-refractivity contribution in [2.75, 3.05) is 26.2 Å². The lowest BCUT2D eigenvalue weighted by molar-refractivity contribution is 0.0554. The van der Waals surface area contributed by atoms with Crippen LogP contribution in [0.1, 0.15) is 66.1 Å². The zero-order valence-electron chi connectivity index (χ0n) is 17.9. The highest BCUT2D eigenvalue weighted by molar-refractivity contribution is 5.91. The predicted octanol–water partition coefficient (Wildman–Crippen LogP) is 3.46. The predicted molar refractivity (Wildman–Crippen MR) is 114 cm³/mol. The molecule has 1 aliphatic carbocycles. The second-order valence-corrected chi connectivity index (χ2v) is 8.50. The standard InChI is InChI=1S/C23H27FN6O2/c24-19-10-5-4-9-18(19)21(22-25-26-27-30(22)17-7-2-1-3-8-17)28-12-14-29(15-13-28)23(31)20-11-6-16-32-20/h4-6,9-11,16-17,21H,1-3,7-8,12-15H2/t21-/m0/s1. The van der Waals surface area contributed by atoms with Crippen LogP contribution in [0.2, 0.25) is 0 Å². The number of halogens is 1. The number of rotatable bonds is 5. The summed E-state index contributed by atoms with van der Waals surface area (Å²) in [6, 6.07) is 10.0. The second-order valence-electron chi connectivity index (χ2n) is 8.50. The number of benzene rings is 1. The van der Waals surface area contributed by atoms with Gasteiger partial charge in [-0.3, -0.25) is 9.69 Å². The van der Waals surface area contributed by atoms with E-state index in [0.29, 0.717) is 43.3 Å². The van der Waals surface area contributed by atoms with E-state index in [1.165, 1.54) is 18.8 Å². The maximum Gasteiger partial charge on any atom is 0.289 e. The third-order valence-electron chi connectivity index (χ3n) is 6.58.